The number of hydrogen-bond acceptors (Lipinski definition) is 3. The van der Waals surface area contributed by atoms with Crippen LogP contribution in [0.4, 0.5) is 5.69 Å². The molecule has 1 atom stereocenters. The van der Waals surface area contributed by atoms with Gasteiger partial charge in [0.05, 0.1) is 17.1 Å². The third kappa shape index (κ3) is 3.51. The van der Waals surface area contributed by atoms with Gasteiger partial charge in [-0.3, -0.25) is 9.59 Å². The number of phenolic OH excluding ortho intramolecular Hbond substituents is 1. The average Bonchev–Trinajstić information content (AvgIpc) is 2.91. The Labute approximate surface area is 144 Å². The van der Waals surface area contributed by atoms with Gasteiger partial charge in [-0.1, -0.05) is 35.9 Å². The first kappa shape index (κ1) is 16.3. The number of amides is 2. The molecule has 124 valence electrons. The summed E-state index contributed by atoms with van der Waals surface area (Å²) in [5, 5.41) is 12.5. The molecule has 1 aliphatic heterocycles. The molecule has 0 aliphatic carbocycles. The van der Waals surface area contributed by atoms with Crippen molar-refractivity contribution < 1.29 is 14.7 Å². The highest BCUT2D eigenvalue weighted by atomic mass is 35.5. The Balaban J connectivity index is 1.62. The molecule has 0 saturated carbocycles. The number of nitrogens with zero attached hydrogens (tertiary/aromatic N) is 1. The summed E-state index contributed by atoms with van der Waals surface area (Å²) in [6, 6.07) is 13.1. The van der Waals surface area contributed by atoms with Crippen molar-refractivity contribution >= 4 is 29.1 Å². The van der Waals surface area contributed by atoms with E-state index in [9.17, 15) is 14.7 Å². The Bertz CT molecular complexity index is 761. The first-order chi connectivity index (χ1) is 11.5. The number of carbonyl (C=O) groups excluding carboxylic acids is 2. The first-order valence-electron chi connectivity index (χ1n) is 7.68. The van der Waals surface area contributed by atoms with Crippen LogP contribution in [0.5, 0.6) is 5.75 Å². The topological polar surface area (TPSA) is 69.6 Å². The average molecular weight is 345 g/mol. The summed E-state index contributed by atoms with van der Waals surface area (Å²) >= 11 is 6.14. The molecule has 6 heteroatoms. The number of para-hydroxylation sites is 1. The number of anilines is 1. The van der Waals surface area contributed by atoms with Gasteiger partial charge in [-0.2, -0.15) is 0 Å². The van der Waals surface area contributed by atoms with Crippen LogP contribution >= 0.6 is 11.6 Å². The van der Waals surface area contributed by atoms with Crippen LogP contribution in [0.15, 0.2) is 48.5 Å². The standard InChI is InChI=1S/C18H17ClN2O3/c19-14-3-1-2-4-16(14)21-10-9-15(18(21)24)20-17(23)11-12-5-7-13(22)8-6-12/h1-8,15,22H,9-11H2,(H,20,23)/t15-/m0/s1. The smallest absolute Gasteiger partial charge is 0.249 e. The maximum atomic E-state index is 12.5. The number of benzene rings is 2. The molecule has 0 unspecified atom stereocenters. The molecule has 2 N–H and O–H groups in total. The molecular formula is C18H17ClN2O3. The molecule has 1 aliphatic rings. The third-order valence-corrected chi connectivity index (χ3v) is 4.30. The number of rotatable bonds is 4. The maximum absolute atomic E-state index is 12.5. The highest BCUT2D eigenvalue weighted by Gasteiger charge is 2.34. The minimum atomic E-state index is -0.536. The van der Waals surface area contributed by atoms with E-state index < -0.39 is 6.04 Å². The van der Waals surface area contributed by atoms with Crippen molar-refractivity contribution in [3.8, 4) is 5.75 Å². The van der Waals surface area contributed by atoms with Crippen LogP contribution in [-0.2, 0) is 16.0 Å². The number of hydrogen-bond donors (Lipinski definition) is 2. The van der Waals surface area contributed by atoms with Crippen LogP contribution in [0.25, 0.3) is 0 Å². The lowest BCUT2D eigenvalue weighted by Gasteiger charge is -2.18. The molecule has 24 heavy (non-hydrogen) atoms. The molecule has 2 aromatic rings. The zero-order chi connectivity index (χ0) is 17.1. The van der Waals surface area contributed by atoms with Gasteiger partial charge in [0.2, 0.25) is 11.8 Å². The van der Waals surface area contributed by atoms with Crippen molar-refractivity contribution in [2.75, 3.05) is 11.4 Å². The molecule has 2 aromatic carbocycles. The van der Waals surface area contributed by atoms with Gasteiger partial charge in [-0.05, 0) is 36.2 Å². The monoisotopic (exact) mass is 344 g/mol. The first-order valence-corrected chi connectivity index (χ1v) is 8.05. The number of aromatic hydroxyl groups is 1. The van der Waals surface area contributed by atoms with E-state index >= 15 is 0 Å². The van der Waals surface area contributed by atoms with E-state index in [2.05, 4.69) is 5.32 Å². The fraction of sp³-hybridized carbons (Fsp3) is 0.222. The number of phenols is 1. The Hall–Kier alpha value is -2.53. The summed E-state index contributed by atoms with van der Waals surface area (Å²) in [7, 11) is 0. The van der Waals surface area contributed by atoms with Gasteiger partial charge in [0.15, 0.2) is 0 Å². The highest BCUT2D eigenvalue weighted by molar-refractivity contribution is 6.34. The molecule has 5 nitrogen and oxygen atoms in total. The fourth-order valence-electron chi connectivity index (χ4n) is 2.77. The van der Waals surface area contributed by atoms with Crippen molar-refractivity contribution in [1.82, 2.24) is 5.32 Å². The Kier molecular flexibility index (Phi) is 4.71. The van der Waals surface area contributed by atoms with Gasteiger partial charge in [-0.25, -0.2) is 0 Å². The molecule has 0 radical (unpaired) electrons. The highest BCUT2D eigenvalue weighted by Crippen LogP contribution is 2.29. The molecule has 0 bridgehead atoms. The summed E-state index contributed by atoms with van der Waals surface area (Å²) in [5.74, 6) is -0.220. The van der Waals surface area contributed by atoms with E-state index in [1.54, 1.807) is 29.2 Å². The zero-order valence-corrected chi connectivity index (χ0v) is 13.7. The van der Waals surface area contributed by atoms with Crippen LogP contribution < -0.4 is 10.2 Å². The van der Waals surface area contributed by atoms with Crippen LogP contribution in [0.1, 0.15) is 12.0 Å². The second-order valence-corrected chi connectivity index (χ2v) is 6.10. The molecule has 2 amide bonds. The van der Waals surface area contributed by atoms with Gasteiger partial charge in [-0.15, -0.1) is 0 Å². The van der Waals surface area contributed by atoms with Gasteiger partial charge >= 0.3 is 0 Å². The van der Waals surface area contributed by atoms with E-state index in [1.165, 1.54) is 12.1 Å². The molecule has 0 spiro atoms. The fourth-order valence-corrected chi connectivity index (χ4v) is 3.01. The quantitative estimate of drug-likeness (QED) is 0.895. The summed E-state index contributed by atoms with van der Waals surface area (Å²) < 4.78 is 0. The van der Waals surface area contributed by atoms with Crippen LogP contribution in [0.2, 0.25) is 5.02 Å². The second kappa shape index (κ2) is 6.93. The van der Waals surface area contributed by atoms with Crippen molar-refractivity contribution in [1.29, 1.82) is 0 Å². The van der Waals surface area contributed by atoms with E-state index in [0.29, 0.717) is 23.7 Å². The van der Waals surface area contributed by atoms with Crippen LogP contribution in [-0.4, -0.2) is 29.5 Å². The SMILES string of the molecule is O=C(Cc1ccc(O)cc1)N[C@H]1CCN(c2ccccc2Cl)C1=O. The van der Waals surface area contributed by atoms with Gasteiger partial charge in [0.25, 0.3) is 0 Å². The maximum Gasteiger partial charge on any atom is 0.249 e. The molecule has 1 heterocycles. The van der Waals surface area contributed by atoms with E-state index in [4.69, 9.17) is 11.6 Å². The van der Waals surface area contributed by atoms with E-state index in [-0.39, 0.29) is 24.0 Å². The number of carbonyl (C=O) groups is 2. The number of nitrogens with one attached hydrogen (secondary N) is 1. The molecule has 0 aromatic heterocycles. The lowest BCUT2D eigenvalue weighted by Crippen LogP contribution is -2.42. The van der Waals surface area contributed by atoms with Crippen LogP contribution in [0, 0.1) is 0 Å². The molecule has 1 saturated heterocycles. The van der Waals surface area contributed by atoms with Crippen molar-refractivity contribution in [3.63, 3.8) is 0 Å². The number of halogens is 1. The summed E-state index contributed by atoms with van der Waals surface area (Å²) in [4.78, 5) is 26.3. The summed E-state index contributed by atoms with van der Waals surface area (Å²) in [5.41, 5.74) is 1.44. The van der Waals surface area contributed by atoms with Crippen molar-refractivity contribution in [3.05, 3.63) is 59.1 Å². The predicted octanol–water partition coefficient (Wildman–Crippen LogP) is 2.51. The Morgan fingerprint density at radius 1 is 1.21 bits per heavy atom. The van der Waals surface area contributed by atoms with Crippen molar-refractivity contribution in [2.24, 2.45) is 0 Å². The normalized spacial score (nSPS) is 17.1. The van der Waals surface area contributed by atoms with Gasteiger partial charge in [0, 0.05) is 6.54 Å². The Morgan fingerprint density at radius 2 is 1.92 bits per heavy atom. The minimum Gasteiger partial charge on any atom is -0.508 e. The van der Waals surface area contributed by atoms with Crippen LogP contribution in [0.3, 0.4) is 0 Å². The van der Waals surface area contributed by atoms with Crippen molar-refractivity contribution in [2.45, 2.75) is 18.9 Å². The summed E-state index contributed by atoms with van der Waals surface area (Å²) in [6.45, 7) is 0.521. The minimum absolute atomic E-state index is 0.151. The predicted molar refractivity (Wildman–Crippen MR) is 92.2 cm³/mol. The molecule has 3 rings (SSSR count). The van der Waals surface area contributed by atoms with E-state index in [0.717, 1.165) is 5.56 Å². The van der Waals surface area contributed by atoms with Gasteiger partial charge in [0.1, 0.15) is 11.8 Å². The Morgan fingerprint density at radius 3 is 2.62 bits per heavy atom. The van der Waals surface area contributed by atoms with Gasteiger partial charge < -0.3 is 15.3 Å². The zero-order valence-electron chi connectivity index (χ0n) is 12.9. The summed E-state index contributed by atoms with van der Waals surface area (Å²) in [6.07, 6.45) is 0.710. The lowest BCUT2D eigenvalue weighted by molar-refractivity contribution is -0.126. The second-order valence-electron chi connectivity index (χ2n) is 5.69. The largest absolute Gasteiger partial charge is 0.508 e. The lowest BCUT2D eigenvalue weighted by atomic mass is 10.1. The third-order valence-electron chi connectivity index (χ3n) is 3.98. The molecule has 1 fully saturated rings. The molecular weight excluding hydrogens is 328 g/mol. The van der Waals surface area contributed by atoms with E-state index in [1.807, 2.05) is 12.1 Å².